The van der Waals surface area contributed by atoms with Crippen LogP contribution in [0.1, 0.15) is 73.6 Å². The molecule has 0 spiro atoms. The van der Waals surface area contributed by atoms with Crippen molar-refractivity contribution in [2.45, 2.75) is 51.4 Å². The van der Waals surface area contributed by atoms with E-state index in [1.165, 1.54) is 84.4 Å². The third-order valence-corrected chi connectivity index (χ3v) is 15.4. The Morgan fingerprint density at radius 3 is 1.99 bits per heavy atom. The number of aliphatic imine (C=N–C) groups is 1. The maximum atomic E-state index is 6.74. The van der Waals surface area contributed by atoms with E-state index in [0.717, 1.165) is 70.3 Å². The smallest absolute Gasteiger partial charge is 0.136 e. The first kappa shape index (κ1) is 40.5. The van der Waals surface area contributed by atoms with Crippen LogP contribution in [0.4, 0.5) is 0 Å². The van der Waals surface area contributed by atoms with Gasteiger partial charge in [0.2, 0.25) is 0 Å². The summed E-state index contributed by atoms with van der Waals surface area (Å²) in [5.74, 6) is 1.44. The van der Waals surface area contributed by atoms with Gasteiger partial charge >= 0.3 is 0 Å². The fourth-order valence-corrected chi connectivity index (χ4v) is 12.0. The molecule has 2 atom stereocenters. The number of furan rings is 1. The van der Waals surface area contributed by atoms with E-state index in [1.807, 2.05) is 0 Å². The lowest BCUT2D eigenvalue weighted by Crippen LogP contribution is -2.15. The molecule has 0 saturated carbocycles. The first-order chi connectivity index (χ1) is 33.6. The van der Waals surface area contributed by atoms with Crippen LogP contribution in [0.25, 0.3) is 88.2 Å². The molecular weight excluding hydrogens is 825 g/mol. The predicted octanol–water partition coefficient (Wildman–Crippen LogP) is 17.8. The van der Waals surface area contributed by atoms with Gasteiger partial charge in [-0.25, -0.2) is 0 Å². The van der Waals surface area contributed by atoms with Gasteiger partial charge in [0, 0.05) is 38.7 Å². The lowest BCUT2D eigenvalue weighted by atomic mass is 9.79. The number of hydrogen-bond acceptors (Lipinski definition) is 2. The molecule has 0 bridgehead atoms. The summed E-state index contributed by atoms with van der Waals surface area (Å²) in [6.45, 7) is 2.50. The highest BCUT2D eigenvalue weighted by molar-refractivity contribution is 6.17. The van der Waals surface area contributed by atoms with Gasteiger partial charge in [0.25, 0.3) is 0 Å². The van der Waals surface area contributed by atoms with Gasteiger partial charge in [-0.3, -0.25) is 4.99 Å². The van der Waals surface area contributed by atoms with Crippen LogP contribution in [0, 0.1) is 11.8 Å². The molecule has 0 saturated heterocycles. The summed E-state index contributed by atoms with van der Waals surface area (Å²) < 4.78 is 9.24. The maximum Gasteiger partial charge on any atom is 0.136 e. The van der Waals surface area contributed by atoms with Crippen LogP contribution in [0.3, 0.4) is 0 Å². The van der Waals surface area contributed by atoms with Crippen molar-refractivity contribution >= 4 is 65.9 Å². The zero-order valence-electron chi connectivity index (χ0n) is 38.4. The second kappa shape index (κ2) is 16.8. The molecular formula is C65H52N2O. The molecule has 9 aromatic carbocycles. The number of para-hydroxylation sites is 2. The van der Waals surface area contributed by atoms with Crippen molar-refractivity contribution in [2.24, 2.45) is 16.8 Å². The summed E-state index contributed by atoms with van der Waals surface area (Å²) in [5, 5.41) is 7.17. The van der Waals surface area contributed by atoms with E-state index in [4.69, 9.17) is 9.41 Å². The molecule has 2 unspecified atom stereocenters. The summed E-state index contributed by atoms with van der Waals surface area (Å²) in [6.07, 6.45) is 8.87. The molecule has 0 radical (unpaired) electrons. The minimum atomic E-state index is 0.425. The molecule has 3 nitrogen and oxygen atoms in total. The highest BCUT2D eigenvalue weighted by atomic mass is 16.3. The first-order valence-electron chi connectivity index (χ1n) is 24.6. The molecule has 1 aliphatic heterocycles. The van der Waals surface area contributed by atoms with Crippen molar-refractivity contribution in [3.63, 3.8) is 0 Å². The van der Waals surface area contributed by atoms with Gasteiger partial charge in [-0.15, -0.1) is 0 Å². The van der Waals surface area contributed by atoms with E-state index in [1.54, 1.807) is 0 Å². The Balaban J connectivity index is 0.994. The van der Waals surface area contributed by atoms with Gasteiger partial charge in [0.15, 0.2) is 0 Å². The topological polar surface area (TPSA) is 30.4 Å². The second-order valence-electron chi connectivity index (χ2n) is 19.3. The van der Waals surface area contributed by atoms with Crippen LogP contribution in [-0.4, -0.2) is 10.3 Å². The molecule has 68 heavy (non-hydrogen) atoms. The van der Waals surface area contributed by atoms with Crippen molar-refractivity contribution < 1.29 is 4.42 Å². The molecule has 2 aromatic heterocycles. The Kier molecular flexibility index (Phi) is 10.0. The van der Waals surface area contributed by atoms with Crippen molar-refractivity contribution in [2.75, 3.05) is 0 Å². The highest BCUT2D eigenvalue weighted by Crippen LogP contribution is 2.48. The number of hydrogen-bond donors (Lipinski definition) is 0. The first-order valence-corrected chi connectivity index (χ1v) is 24.6. The number of fused-ring (bicyclic) bond motifs is 10. The van der Waals surface area contributed by atoms with E-state index >= 15 is 0 Å². The van der Waals surface area contributed by atoms with Crippen LogP contribution in [0.2, 0.25) is 0 Å². The number of aromatic nitrogens is 1. The van der Waals surface area contributed by atoms with E-state index in [0.29, 0.717) is 17.8 Å². The fourth-order valence-electron chi connectivity index (χ4n) is 12.0. The number of nitrogens with zero attached hydrogens (tertiary/aromatic N) is 2. The van der Waals surface area contributed by atoms with E-state index in [9.17, 15) is 0 Å². The largest absolute Gasteiger partial charge is 0.456 e. The third kappa shape index (κ3) is 6.91. The lowest BCUT2D eigenvalue weighted by Gasteiger charge is -2.27. The SMILES string of the molecule is CC1C/C=C(c2c(-n3c4ccccc4c4cc5ccccc5cc43)ccc3oc4ccccc4c23)/N=C(/c2ccc(-c3ccccc3)cc2)CCCC1CCC1c2ccccc2-c2ccccc21. The molecule has 0 N–H and O–H groups in total. The monoisotopic (exact) mass is 876 g/mol. The van der Waals surface area contributed by atoms with E-state index in [2.05, 4.69) is 218 Å². The highest BCUT2D eigenvalue weighted by Gasteiger charge is 2.30. The molecule has 11 aromatic rings. The predicted molar refractivity (Wildman–Crippen MR) is 286 cm³/mol. The zero-order chi connectivity index (χ0) is 45.1. The van der Waals surface area contributed by atoms with Crippen LogP contribution in [0.15, 0.2) is 216 Å². The standard InChI is InChI=1S/C65H52N2O/c1-42-30-37-58(65-60(38-39-63-64(65)55-26-12-14-29-62(55)68-63)67-59-28-13-11-25-54(59)56-40-47-18-5-6-19-48(47)41-61(56)67)66-57(46-33-31-45(32-34-46)44-16-3-2-4-17-44)27-15-20-43(42)35-36-53-51-23-9-7-21-49(51)50-22-8-10-24-52(50)53/h2-14,16-19,21-26,28-29,31-34,37-43,53H,15,20,27,30,35-36H2,1H3/b58-37+,66-57+. The molecule has 13 rings (SSSR count). The van der Waals surface area contributed by atoms with Crippen LogP contribution < -0.4 is 0 Å². The molecule has 3 heterocycles. The van der Waals surface area contributed by atoms with Crippen LogP contribution in [-0.2, 0) is 0 Å². The fraction of sp³-hybridized carbons (Fsp3) is 0.154. The van der Waals surface area contributed by atoms with Crippen LogP contribution >= 0.6 is 0 Å². The van der Waals surface area contributed by atoms with E-state index < -0.39 is 0 Å². The summed E-state index contributed by atoms with van der Waals surface area (Å²) in [7, 11) is 0. The second-order valence-corrected chi connectivity index (χ2v) is 19.3. The molecule has 1 aliphatic carbocycles. The molecule has 2 aliphatic rings. The van der Waals surface area contributed by atoms with Gasteiger partial charge in [-0.05, 0) is 136 Å². The maximum absolute atomic E-state index is 6.74. The van der Waals surface area contributed by atoms with Gasteiger partial charge in [-0.2, -0.15) is 0 Å². The summed E-state index contributed by atoms with van der Waals surface area (Å²) in [5.41, 5.74) is 17.9. The Bertz CT molecular complexity index is 3730. The average molecular weight is 877 g/mol. The van der Waals surface area contributed by atoms with Crippen molar-refractivity contribution in [3.05, 3.63) is 229 Å². The summed E-state index contributed by atoms with van der Waals surface area (Å²) in [4.78, 5) is 5.94. The lowest BCUT2D eigenvalue weighted by molar-refractivity contribution is 0.301. The Hall–Kier alpha value is -7.75. The normalized spacial score (nSPS) is 18.1. The molecule has 3 heteroatoms. The van der Waals surface area contributed by atoms with Gasteiger partial charge in [0.1, 0.15) is 11.2 Å². The molecule has 328 valence electrons. The average Bonchev–Trinajstić information content (AvgIpc) is 4.04. The van der Waals surface area contributed by atoms with Crippen molar-refractivity contribution in [3.8, 4) is 27.9 Å². The van der Waals surface area contributed by atoms with Gasteiger partial charge < -0.3 is 8.98 Å². The quantitative estimate of drug-likeness (QED) is 0.157. The number of allylic oxidation sites excluding steroid dienone is 1. The Morgan fingerprint density at radius 1 is 0.544 bits per heavy atom. The summed E-state index contributed by atoms with van der Waals surface area (Å²) in [6, 6.07) is 73.4. The van der Waals surface area contributed by atoms with E-state index in [-0.39, 0.29) is 0 Å². The Labute approximate surface area is 397 Å². The van der Waals surface area contributed by atoms with Gasteiger partial charge in [-0.1, -0.05) is 177 Å². The van der Waals surface area contributed by atoms with Crippen LogP contribution in [0.5, 0.6) is 0 Å². The van der Waals surface area contributed by atoms with Crippen molar-refractivity contribution in [1.82, 2.24) is 4.57 Å². The number of rotatable bonds is 7. The summed E-state index contributed by atoms with van der Waals surface area (Å²) >= 11 is 0. The zero-order valence-corrected chi connectivity index (χ0v) is 38.4. The minimum absolute atomic E-state index is 0.425. The molecule has 0 fully saturated rings. The van der Waals surface area contributed by atoms with Gasteiger partial charge in [0.05, 0.1) is 22.4 Å². The van der Waals surface area contributed by atoms with Crippen molar-refractivity contribution in [1.29, 1.82) is 0 Å². The molecule has 0 amide bonds. The number of benzene rings is 9. The third-order valence-electron chi connectivity index (χ3n) is 15.4. The minimum Gasteiger partial charge on any atom is -0.456 e. The Morgan fingerprint density at radius 2 is 1.19 bits per heavy atom.